The summed E-state index contributed by atoms with van der Waals surface area (Å²) in [6, 6.07) is 4.09. The first kappa shape index (κ1) is 15.0. The van der Waals surface area contributed by atoms with Crippen LogP contribution in [0.2, 0.25) is 0 Å². The van der Waals surface area contributed by atoms with E-state index in [4.69, 9.17) is 5.73 Å². The third kappa shape index (κ3) is 4.07. The molecule has 1 unspecified atom stereocenters. The molecule has 0 spiro atoms. The Bertz CT molecular complexity index is 509. The average molecular weight is 291 g/mol. The van der Waals surface area contributed by atoms with Crippen LogP contribution in [0.25, 0.3) is 0 Å². The number of thiophene rings is 1. The summed E-state index contributed by atoms with van der Waals surface area (Å²) in [7, 11) is 0. The quantitative estimate of drug-likeness (QED) is 0.822. The standard InChI is InChI=1S/C15H21N3OS/c1-12(18-9-2-3-10-18)11-17-15(19)14-7-6-13(20-14)5-4-8-16/h6-7,12H,2-3,8-11,16H2,1H3,(H,17,19). The van der Waals surface area contributed by atoms with Gasteiger partial charge in [-0.3, -0.25) is 9.69 Å². The zero-order chi connectivity index (χ0) is 14.4. The van der Waals surface area contributed by atoms with Gasteiger partial charge in [0.2, 0.25) is 0 Å². The van der Waals surface area contributed by atoms with E-state index < -0.39 is 0 Å². The highest BCUT2D eigenvalue weighted by Crippen LogP contribution is 2.15. The van der Waals surface area contributed by atoms with Gasteiger partial charge in [-0.2, -0.15) is 0 Å². The first-order valence-electron chi connectivity index (χ1n) is 7.01. The summed E-state index contributed by atoms with van der Waals surface area (Å²) in [5, 5.41) is 3.00. The number of nitrogens with two attached hydrogens (primary N) is 1. The van der Waals surface area contributed by atoms with Crippen LogP contribution in [0.4, 0.5) is 0 Å². The third-order valence-corrected chi connectivity index (χ3v) is 4.46. The molecule has 0 saturated carbocycles. The van der Waals surface area contributed by atoms with E-state index in [1.54, 1.807) is 0 Å². The molecule has 3 N–H and O–H groups in total. The number of hydrogen-bond acceptors (Lipinski definition) is 4. The SMILES string of the molecule is CC(CNC(=O)c1ccc(C#CCN)s1)N1CCCC1. The fourth-order valence-corrected chi connectivity index (χ4v) is 3.10. The Morgan fingerprint density at radius 2 is 2.25 bits per heavy atom. The van der Waals surface area contributed by atoms with Crippen LogP contribution < -0.4 is 11.1 Å². The smallest absolute Gasteiger partial charge is 0.261 e. The number of likely N-dealkylation sites (tertiary alicyclic amines) is 1. The van der Waals surface area contributed by atoms with Crippen LogP contribution in [0.1, 0.15) is 34.3 Å². The Labute approximate surface area is 124 Å². The molecular weight excluding hydrogens is 270 g/mol. The van der Waals surface area contributed by atoms with Crippen molar-refractivity contribution in [2.24, 2.45) is 5.73 Å². The topological polar surface area (TPSA) is 58.4 Å². The summed E-state index contributed by atoms with van der Waals surface area (Å²) >= 11 is 1.41. The number of nitrogens with zero attached hydrogens (tertiary/aromatic N) is 1. The zero-order valence-electron chi connectivity index (χ0n) is 11.8. The van der Waals surface area contributed by atoms with Gasteiger partial charge in [0, 0.05) is 12.6 Å². The molecule has 1 aliphatic rings. The van der Waals surface area contributed by atoms with Crippen LogP contribution in [-0.2, 0) is 0 Å². The maximum atomic E-state index is 12.1. The third-order valence-electron chi connectivity index (χ3n) is 3.47. The summed E-state index contributed by atoms with van der Waals surface area (Å²) in [4.78, 5) is 16.1. The maximum absolute atomic E-state index is 12.1. The lowest BCUT2D eigenvalue weighted by Crippen LogP contribution is -2.40. The molecule has 1 fully saturated rings. The lowest BCUT2D eigenvalue weighted by molar-refractivity contribution is 0.0944. The van der Waals surface area contributed by atoms with E-state index in [9.17, 15) is 4.79 Å². The molecule has 5 heteroatoms. The van der Waals surface area contributed by atoms with E-state index in [1.807, 2.05) is 12.1 Å². The number of nitrogens with one attached hydrogen (secondary N) is 1. The van der Waals surface area contributed by atoms with Crippen molar-refractivity contribution < 1.29 is 4.79 Å². The Morgan fingerprint density at radius 1 is 1.50 bits per heavy atom. The predicted octanol–water partition coefficient (Wildman–Crippen LogP) is 1.27. The molecule has 1 amide bonds. The second kappa shape index (κ2) is 7.44. The zero-order valence-corrected chi connectivity index (χ0v) is 12.6. The normalized spacial score (nSPS) is 16.5. The van der Waals surface area contributed by atoms with E-state index >= 15 is 0 Å². The average Bonchev–Trinajstić information content (AvgIpc) is 3.12. The van der Waals surface area contributed by atoms with Crippen LogP contribution in [0.15, 0.2) is 12.1 Å². The second-order valence-electron chi connectivity index (χ2n) is 4.97. The van der Waals surface area contributed by atoms with Gasteiger partial charge in [0.05, 0.1) is 16.3 Å². The van der Waals surface area contributed by atoms with Gasteiger partial charge in [0.15, 0.2) is 0 Å². The van der Waals surface area contributed by atoms with Crippen LogP contribution in [0.5, 0.6) is 0 Å². The minimum atomic E-state index is -0.0122. The lowest BCUT2D eigenvalue weighted by Gasteiger charge is -2.23. The van der Waals surface area contributed by atoms with Crippen LogP contribution in [0.3, 0.4) is 0 Å². The van der Waals surface area contributed by atoms with E-state index in [0.29, 0.717) is 24.0 Å². The second-order valence-corrected chi connectivity index (χ2v) is 6.06. The lowest BCUT2D eigenvalue weighted by atomic mass is 10.3. The van der Waals surface area contributed by atoms with Crippen LogP contribution in [-0.4, -0.2) is 43.0 Å². The molecule has 0 bridgehead atoms. The molecule has 1 saturated heterocycles. The highest BCUT2D eigenvalue weighted by Gasteiger charge is 2.18. The number of hydrogen-bond donors (Lipinski definition) is 2. The van der Waals surface area contributed by atoms with Crippen LogP contribution >= 0.6 is 11.3 Å². The van der Waals surface area contributed by atoms with Gasteiger partial charge in [0.25, 0.3) is 5.91 Å². The largest absolute Gasteiger partial charge is 0.350 e. The molecule has 1 aliphatic heterocycles. The molecule has 108 valence electrons. The van der Waals surface area contributed by atoms with Gasteiger partial charge in [-0.1, -0.05) is 11.8 Å². The van der Waals surface area contributed by atoms with Gasteiger partial charge in [-0.05, 0) is 45.0 Å². The molecule has 1 aromatic rings. The Morgan fingerprint density at radius 3 is 2.95 bits per heavy atom. The Hall–Kier alpha value is -1.35. The van der Waals surface area contributed by atoms with E-state index in [-0.39, 0.29) is 5.91 Å². The van der Waals surface area contributed by atoms with Crippen molar-refractivity contribution in [3.63, 3.8) is 0 Å². The van der Waals surface area contributed by atoms with Crippen molar-refractivity contribution in [2.45, 2.75) is 25.8 Å². The summed E-state index contributed by atoms with van der Waals surface area (Å²) in [5.41, 5.74) is 5.33. The van der Waals surface area contributed by atoms with Crippen molar-refractivity contribution in [2.75, 3.05) is 26.2 Å². The first-order valence-corrected chi connectivity index (χ1v) is 7.83. The van der Waals surface area contributed by atoms with Gasteiger partial charge in [-0.25, -0.2) is 0 Å². The number of carbonyl (C=O) groups excluding carboxylic acids is 1. The summed E-state index contributed by atoms with van der Waals surface area (Å²) in [5.74, 6) is 5.73. The van der Waals surface area contributed by atoms with Crippen molar-refractivity contribution in [3.8, 4) is 11.8 Å². The summed E-state index contributed by atoms with van der Waals surface area (Å²) < 4.78 is 0. The fraction of sp³-hybridized carbons (Fsp3) is 0.533. The number of carbonyl (C=O) groups is 1. The molecule has 1 atom stereocenters. The summed E-state index contributed by atoms with van der Waals surface area (Å²) in [6.07, 6.45) is 2.54. The molecule has 20 heavy (non-hydrogen) atoms. The molecule has 0 radical (unpaired) electrons. The number of amides is 1. The van der Waals surface area contributed by atoms with Gasteiger partial charge in [-0.15, -0.1) is 11.3 Å². The van der Waals surface area contributed by atoms with Crippen LogP contribution in [0, 0.1) is 11.8 Å². The molecule has 2 rings (SSSR count). The van der Waals surface area contributed by atoms with E-state index in [2.05, 4.69) is 29.0 Å². The van der Waals surface area contributed by atoms with Gasteiger partial charge >= 0.3 is 0 Å². The van der Waals surface area contributed by atoms with E-state index in [1.165, 1.54) is 24.2 Å². The van der Waals surface area contributed by atoms with Crippen molar-refractivity contribution in [1.82, 2.24) is 10.2 Å². The van der Waals surface area contributed by atoms with Crippen molar-refractivity contribution in [1.29, 1.82) is 0 Å². The minimum absolute atomic E-state index is 0.0122. The molecule has 1 aromatic heterocycles. The summed E-state index contributed by atoms with van der Waals surface area (Å²) in [6.45, 7) is 5.50. The Balaban J connectivity index is 1.83. The molecule has 0 aromatic carbocycles. The predicted molar refractivity (Wildman–Crippen MR) is 82.9 cm³/mol. The first-order chi connectivity index (χ1) is 9.70. The number of rotatable bonds is 4. The maximum Gasteiger partial charge on any atom is 0.261 e. The molecule has 0 aliphatic carbocycles. The van der Waals surface area contributed by atoms with Gasteiger partial charge in [0.1, 0.15) is 0 Å². The molecular formula is C15H21N3OS. The molecule has 4 nitrogen and oxygen atoms in total. The monoisotopic (exact) mass is 291 g/mol. The van der Waals surface area contributed by atoms with Crippen molar-refractivity contribution in [3.05, 3.63) is 21.9 Å². The highest BCUT2D eigenvalue weighted by atomic mass is 32.1. The van der Waals surface area contributed by atoms with Gasteiger partial charge < -0.3 is 11.1 Å². The molecule has 2 heterocycles. The fourth-order valence-electron chi connectivity index (χ4n) is 2.30. The Kier molecular flexibility index (Phi) is 5.60. The highest BCUT2D eigenvalue weighted by molar-refractivity contribution is 7.14. The minimum Gasteiger partial charge on any atom is -0.350 e. The van der Waals surface area contributed by atoms with Crippen molar-refractivity contribution >= 4 is 17.2 Å². The van der Waals surface area contributed by atoms with E-state index in [0.717, 1.165) is 18.0 Å².